The number of nitrogens with one attached hydrogen (secondary N) is 1. The van der Waals surface area contributed by atoms with E-state index in [9.17, 15) is 4.79 Å². The van der Waals surface area contributed by atoms with Crippen LogP contribution in [0.1, 0.15) is 24.0 Å². The molecular formula is C20H23ClN2O. The van der Waals surface area contributed by atoms with Crippen molar-refractivity contribution in [3.63, 3.8) is 0 Å². The van der Waals surface area contributed by atoms with Gasteiger partial charge >= 0.3 is 0 Å². The maximum atomic E-state index is 12.5. The Labute approximate surface area is 148 Å². The van der Waals surface area contributed by atoms with E-state index in [0.717, 1.165) is 37.2 Å². The molecule has 0 saturated carbocycles. The molecule has 2 aromatic rings. The smallest absolute Gasteiger partial charge is 0.227 e. The number of nitrogens with zero attached hydrogens (tertiary/aromatic N) is 1. The normalized spacial score (nSPS) is 15.4. The van der Waals surface area contributed by atoms with E-state index in [4.69, 9.17) is 11.6 Å². The highest BCUT2D eigenvalue weighted by atomic mass is 35.5. The van der Waals surface area contributed by atoms with Crippen molar-refractivity contribution in [3.8, 4) is 0 Å². The van der Waals surface area contributed by atoms with Crippen molar-refractivity contribution in [2.24, 2.45) is 5.92 Å². The van der Waals surface area contributed by atoms with Gasteiger partial charge < -0.3 is 10.2 Å². The van der Waals surface area contributed by atoms with Gasteiger partial charge in [0.15, 0.2) is 0 Å². The maximum absolute atomic E-state index is 12.5. The van der Waals surface area contributed by atoms with Crippen molar-refractivity contribution in [3.05, 3.63) is 58.6 Å². The van der Waals surface area contributed by atoms with E-state index in [1.54, 1.807) is 0 Å². The largest absolute Gasteiger partial charge is 0.371 e. The van der Waals surface area contributed by atoms with E-state index in [-0.39, 0.29) is 11.8 Å². The minimum atomic E-state index is 0.0618. The Bertz CT molecular complexity index is 719. The molecule has 1 fully saturated rings. The van der Waals surface area contributed by atoms with Crippen LogP contribution >= 0.6 is 11.6 Å². The maximum Gasteiger partial charge on any atom is 0.227 e. The van der Waals surface area contributed by atoms with Gasteiger partial charge in [0, 0.05) is 35.4 Å². The molecule has 3 rings (SSSR count). The number of halogens is 1. The Morgan fingerprint density at radius 2 is 1.75 bits per heavy atom. The fourth-order valence-electron chi connectivity index (χ4n) is 3.07. The third-order valence-corrected chi connectivity index (χ3v) is 5.11. The average Bonchev–Trinajstić information content (AvgIpc) is 2.59. The summed E-state index contributed by atoms with van der Waals surface area (Å²) in [5.41, 5.74) is 4.30. The number of carbonyl (C=O) groups is 1. The van der Waals surface area contributed by atoms with Crippen LogP contribution in [-0.4, -0.2) is 19.0 Å². The Morgan fingerprint density at radius 1 is 1.08 bits per heavy atom. The third-order valence-electron chi connectivity index (χ3n) is 4.70. The van der Waals surface area contributed by atoms with Crippen LogP contribution in [0.5, 0.6) is 0 Å². The quantitative estimate of drug-likeness (QED) is 0.868. The topological polar surface area (TPSA) is 32.3 Å². The van der Waals surface area contributed by atoms with Crippen molar-refractivity contribution in [2.45, 2.75) is 26.7 Å². The van der Waals surface area contributed by atoms with E-state index in [0.29, 0.717) is 5.02 Å². The monoisotopic (exact) mass is 342 g/mol. The van der Waals surface area contributed by atoms with E-state index in [1.165, 1.54) is 11.3 Å². The Hall–Kier alpha value is -2.00. The van der Waals surface area contributed by atoms with Gasteiger partial charge in [0.05, 0.1) is 0 Å². The molecule has 0 atom stereocenters. The molecule has 4 heteroatoms. The molecule has 0 unspecified atom stereocenters. The third kappa shape index (κ3) is 3.90. The lowest BCUT2D eigenvalue weighted by Crippen LogP contribution is -2.38. The van der Waals surface area contributed by atoms with Crippen molar-refractivity contribution < 1.29 is 4.79 Å². The highest BCUT2D eigenvalue weighted by Gasteiger charge is 2.25. The van der Waals surface area contributed by atoms with E-state index in [2.05, 4.69) is 41.4 Å². The first-order valence-electron chi connectivity index (χ1n) is 8.41. The molecule has 24 heavy (non-hydrogen) atoms. The van der Waals surface area contributed by atoms with Crippen LogP contribution in [0.3, 0.4) is 0 Å². The summed E-state index contributed by atoms with van der Waals surface area (Å²) in [5.74, 6) is 0.158. The van der Waals surface area contributed by atoms with Gasteiger partial charge in [0.1, 0.15) is 0 Å². The Balaban J connectivity index is 1.56. The van der Waals surface area contributed by atoms with Crippen LogP contribution in [0.2, 0.25) is 5.02 Å². The zero-order valence-corrected chi connectivity index (χ0v) is 14.9. The summed E-state index contributed by atoms with van der Waals surface area (Å²) in [4.78, 5) is 14.8. The van der Waals surface area contributed by atoms with Gasteiger partial charge in [-0.25, -0.2) is 0 Å². The molecule has 0 spiro atoms. The molecule has 1 saturated heterocycles. The summed E-state index contributed by atoms with van der Waals surface area (Å²) in [7, 11) is 0. The van der Waals surface area contributed by atoms with Crippen molar-refractivity contribution in [1.82, 2.24) is 0 Å². The van der Waals surface area contributed by atoms with E-state index in [1.807, 2.05) is 25.1 Å². The number of hydrogen-bond donors (Lipinski definition) is 1. The van der Waals surface area contributed by atoms with E-state index < -0.39 is 0 Å². The van der Waals surface area contributed by atoms with Crippen LogP contribution in [-0.2, 0) is 4.79 Å². The second kappa shape index (κ2) is 7.27. The Morgan fingerprint density at radius 3 is 2.38 bits per heavy atom. The van der Waals surface area contributed by atoms with Crippen molar-refractivity contribution in [2.75, 3.05) is 23.3 Å². The van der Waals surface area contributed by atoms with Crippen LogP contribution in [0.25, 0.3) is 0 Å². The molecule has 1 N–H and O–H groups in total. The first-order valence-corrected chi connectivity index (χ1v) is 8.79. The molecule has 0 bridgehead atoms. The molecule has 1 amide bonds. The summed E-state index contributed by atoms with van der Waals surface area (Å²) in [5, 5.41) is 3.68. The molecule has 126 valence electrons. The minimum absolute atomic E-state index is 0.0618. The summed E-state index contributed by atoms with van der Waals surface area (Å²) in [6.07, 6.45) is 1.75. The number of amides is 1. The first kappa shape index (κ1) is 16.8. The first-order chi connectivity index (χ1) is 11.5. The summed E-state index contributed by atoms with van der Waals surface area (Å²) in [6, 6.07) is 14.2. The Kier molecular flexibility index (Phi) is 5.10. The molecule has 0 aromatic heterocycles. The number of hydrogen-bond acceptors (Lipinski definition) is 2. The van der Waals surface area contributed by atoms with Crippen LogP contribution in [0, 0.1) is 19.8 Å². The lowest BCUT2D eigenvalue weighted by molar-refractivity contribution is -0.120. The second-order valence-corrected chi connectivity index (χ2v) is 6.96. The highest BCUT2D eigenvalue weighted by molar-refractivity contribution is 6.31. The van der Waals surface area contributed by atoms with Crippen LogP contribution in [0.15, 0.2) is 42.5 Å². The molecular weight excluding hydrogens is 320 g/mol. The number of anilines is 2. The number of carbonyl (C=O) groups excluding carboxylic acids is 1. The molecule has 0 radical (unpaired) electrons. The standard InChI is InChI=1S/C20H23ClN2O/c1-14-3-7-18(8-4-14)23-11-9-16(10-12-23)20(24)22-17-6-5-15(2)19(21)13-17/h3-8,13,16H,9-12H2,1-2H3,(H,22,24). The fourth-order valence-corrected chi connectivity index (χ4v) is 3.25. The second-order valence-electron chi connectivity index (χ2n) is 6.55. The lowest BCUT2D eigenvalue weighted by atomic mass is 9.95. The number of aryl methyl sites for hydroxylation is 2. The summed E-state index contributed by atoms with van der Waals surface area (Å²) >= 11 is 6.12. The van der Waals surface area contributed by atoms with Crippen molar-refractivity contribution in [1.29, 1.82) is 0 Å². The molecule has 3 nitrogen and oxygen atoms in total. The summed E-state index contributed by atoms with van der Waals surface area (Å²) in [6.45, 7) is 5.87. The zero-order chi connectivity index (χ0) is 17.1. The average molecular weight is 343 g/mol. The van der Waals surface area contributed by atoms with Crippen LogP contribution in [0.4, 0.5) is 11.4 Å². The minimum Gasteiger partial charge on any atom is -0.371 e. The van der Waals surface area contributed by atoms with Crippen molar-refractivity contribution >= 4 is 28.9 Å². The number of piperidine rings is 1. The van der Waals surface area contributed by atoms with E-state index >= 15 is 0 Å². The van der Waals surface area contributed by atoms with Gasteiger partial charge in [-0.1, -0.05) is 35.4 Å². The van der Waals surface area contributed by atoms with Gasteiger partial charge in [0.2, 0.25) is 5.91 Å². The van der Waals surface area contributed by atoms with Gasteiger partial charge in [-0.05, 0) is 56.5 Å². The van der Waals surface area contributed by atoms with Gasteiger partial charge in [0.25, 0.3) is 0 Å². The van der Waals surface area contributed by atoms with Gasteiger partial charge in [-0.2, -0.15) is 0 Å². The fraction of sp³-hybridized carbons (Fsp3) is 0.350. The molecule has 1 aliphatic rings. The summed E-state index contributed by atoms with van der Waals surface area (Å²) < 4.78 is 0. The number of benzene rings is 2. The molecule has 1 aliphatic heterocycles. The highest BCUT2D eigenvalue weighted by Crippen LogP contribution is 2.25. The lowest BCUT2D eigenvalue weighted by Gasteiger charge is -2.33. The SMILES string of the molecule is Cc1ccc(N2CCC(C(=O)Nc3ccc(C)c(Cl)c3)CC2)cc1. The predicted octanol–water partition coefficient (Wildman–Crippen LogP) is 4.81. The van der Waals surface area contributed by atoms with Gasteiger partial charge in [-0.3, -0.25) is 4.79 Å². The predicted molar refractivity (Wildman–Crippen MR) is 101 cm³/mol. The zero-order valence-electron chi connectivity index (χ0n) is 14.2. The molecule has 2 aromatic carbocycles. The molecule has 0 aliphatic carbocycles. The van der Waals surface area contributed by atoms with Gasteiger partial charge in [-0.15, -0.1) is 0 Å². The molecule has 1 heterocycles. The number of rotatable bonds is 3. The van der Waals surface area contributed by atoms with Crippen LogP contribution < -0.4 is 10.2 Å².